The zero-order valence-electron chi connectivity index (χ0n) is 20.4. The van der Waals surface area contributed by atoms with Crippen LogP contribution in [0.15, 0.2) is 48.5 Å². The number of nitrogens with one attached hydrogen (secondary N) is 1. The summed E-state index contributed by atoms with van der Waals surface area (Å²) < 4.78 is 5.68. The number of likely N-dealkylation sites (tertiary alicyclic amines) is 1. The molecule has 1 aliphatic heterocycles. The Bertz CT molecular complexity index is 1040. The van der Waals surface area contributed by atoms with Gasteiger partial charge in [-0.3, -0.25) is 9.59 Å². The smallest absolute Gasteiger partial charge is 0.407 e. The van der Waals surface area contributed by atoms with Crippen molar-refractivity contribution in [3.63, 3.8) is 0 Å². The normalized spacial score (nSPS) is 18.8. The molecule has 3 atom stereocenters. The number of piperidine rings is 1. The molecule has 2 aromatic carbocycles. The Morgan fingerprint density at radius 3 is 2.29 bits per heavy atom. The number of ether oxygens (including phenoxy) is 1. The molecular formula is C28H34N2O5. The zero-order valence-corrected chi connectivity index (χ0v) is 20.4. The molecule has 0 saturated carbocycles. The highest BCUT2D eigenvalue weighted by atomic mass is 16.5. The summed E-state index contributed by atoms with van der Waals surface area (Å²) in [5, 5.41) is 12.1. The summed E-state index contributed by atoms with van der Waals surface area (Å²) in [5.41, 5.74) is 4.56. The van der Waals surface area contributed by atoms with Gasteiger partial charge in [-0.25, -0.2) is 4.79 Å². The van der Waals surface area contributed by atoms with Gasteiger partial charge in [0.25, 0.3) is 0 Å². The molecule has 0 radical (unpaired) electrons. The Kier molecular flexibility index (Phi) is 7.73. The van der Waals surface area contributed by atoms with E-state index >= 15 is 0 Å². The van der Waals surface area contributed by atoms with Crippen molar-refractivity contribution in [2.75, 3.05) is 13.2 Å². The summed E-state index contributed by atoms with van der Waals surface area (Å²) in [5.74, 6) is -1.32. The summed E-state index contributed by atoms with van der Waals surface area (Å²) in [7, 11) is 0. The van der Waals surface area contributed by atoms with Crippen LogP contribution in [0.1, 0.15) is 63.0 Å². The molecule has 2 aliphatic rings. The molecule has 2 aromatic rings. The summed E-state index contributed by atoms with van der Waals surface area (Å²) in [6, 6.07) is 15.2. The molecule has 2 N–H and O–H groups in total. The van der Waals surface area contributed by atoms with Crippen LogP contribution >= 0.6 is 0 Å². The van der Waals surface area contributed by atoms with E-state index in [1.165, 1.54) is 0 Å². The van der Waals surface area contributed by atoms with Crippen LogP contribution in [-0.2, 0) is 14.3 Å². The third-order valence-electron chi connectivity index (χ3n) is 7.42. The third kappa shape index (κ3) is 5.34. The molecular weight excluding hydrogens is 444 g/mol. The quantitative estimate of drug-likeness (QED) is 0.568. The van der Waals surface area contributed by atoms with Crippen LogP contribution in [0.5, 0.6) is 0 Å². The average molecular weight is 479 g/mol. The molecule has 2 amide bonds. The predicted octanol–water partition coefficient (Wildman–Crippen LogP) is 4.80. The Hall–Kier alpha value is -3.35. The van der Waals surface area contributed by atoms with Crippen molar-refractivity contribution >= 4 is 18.0 Å². The fourth-order valence-corrected chi connectivity index (χ4v) is 5.33. The number of alkyl carbamates (subject to hydrolysis) is 1. The van der Waals surface area contributed by atoms with Gasteiger partial charge in [0.2, 0.25) is 5.91 Å². The molecule has 35 heavy (non-hydrogen) atoms. The van der Waals surface area contributed by atoms with Crippen molar-refractivity contribution in [3.05, 3.63) is 59.7 Å². The van der Waals surface area contributed by atoms with E-state index < -0.39 is 18.1 Å². The van der Waals surface area contributed by atoms with Crippen molar-refractivity contribution in [2.24, 2.45) is 5.92 Å². The van der Waals surface area contributed by atoms with Gasteiger partial charge in [-0.1, -0.05) is 68.8 Å². The number of hydrogen-bond acceptors (Lipinski definition) is 4. The first kappa shape index (κ1) is 24.8. The second-order valence-electron chi connectivity index (χ2n) is 9.61. The van der Waals surface area contributed by atoms with E-state index in [0.29, 0.717) is 19.4 Å². The van der Waals surface area contributed by atoms with Gasteiger partial charge in [0.15, 0.2) is 0 Å². The minimum Gasteiger partial charge on any atom is -0.481 e. The maximum Gasteiger partial charge on any atom is 0.407 e. The first-order chi connectivity index (χ1) is 16.9. The van der Waals surface area contributed by atoms with Gasteiger partial charge in [0.1, 0.15) is 12.6 Å². The van der Waals surface area contributed by atoms with Crippen LogP contribution < -0.4 is 5.32 Å². The van der Waals surface area contributed by atoms with E-state index in [0.717, 1.165) is 35.1 Å². The lowest BCUT2D eigenvalue weighted by Crippen LogP contribution is -2.56. The molecule has 1 aliphatic carbocycles. The van der Waals surface area contributed by atoms with Gasteiger partial charge in [-0.15, -0.1) is 0 Å². The number of aliphatic carboxylic acids is 1. The number of nitrogens with zero attached hydrogens (tertiary/aromatic N) is 1. The lowest BCUT2D eigenvalue weighted by atomic mass is 9.94. The number of rotatable bonds is 8. The average Bonchev–Trinajstić information content (AvgIpc) is 3.19. The second kappa shape index (κ2) is 10.9. The molecule has 186 valence electrons. The van der Waals surface area contributed by atoms with E-state index in [2.05, 4.69) is 29.6 Å². The minimum absolute atomic E-state index is 0.0621. The van der Waals surface area contributed by atoms with Crippen molar-refractivity contribution in [1.29, 1.82) is 0 Å². The number of carbonyl (C=O) groups excluding carboxylic acids is 2. The standard InChI is InChI=1S/C28H34N2O5/c1-3-18(2)26(27(33)30-15-9-8-10-19(30)16-25(31)32)29-28(34)35-17-24-22-13-6-4-11-20(22)21-12-5-7-14-23(21)24/h4-7,11-14,18-19,24,26H,3,8-10,15-17H2,1-2H3,(H,29,34)(H,31,32). The fourth-order valence-electron chi connectivity index (χ4n) is 5.33. The molecule has 0 aromatic heterocycles. The summed E-state index contributed by atoms with van der Waals surface area (Å²) >= 11 is 0. The van der Waals surface area contributed by atoms with Gasteiger partial charge >= 0.3 is 12.1 Å². The Balaban J connectivity index is 1.45. The third-order valence-corrected chi connectivity index (χ3v) is 7.42. The number of carboxylic acids is 1. The van der Waals surface area contributed by atoms with E-state index in [-0.39, 0.29) is 36.8 Å². The van der Waals surface area contributed by atoms with Crippen LogP contribution in [0.2, 0.25) is 0 Å². The number of hydrogen-bond donors (Lipinski definition) is 2. The molecule has 0 spiro atoms. The number of fused-ring (bicyclic) bond motifs is 3. The Labute approximate surface area is 206 Å². The Morgan fingerprint density at radius 1 is 1.06 bits per heavy atom. The number of carbonyl (C=O) groups is 3. The molecule has 0 bridgehead atoms. The van der Waals surface area contributed by atoms with Gasteiger partial charge in [-0.05, 0) is 47.4 Å². The first-order valence-electron chi connectivity index (χ1n) is 12.5. The van der Waals surface area contributed by atoms with Crippen molar-refractivity contribution < 1.29 is 24.2 Å². The van der Waals surface area contributed by atoms with E-state index in [1.54, 1.807) is 4.90 Å². The predicted molar refractivity (Wildman–Crippen MR) is 133 cm³/mol. The molecule has 7 heteroatoms. The van der Waals surface area contributed by atoms with Crippen LogP contribution in [0.25, 0.3) is 11.1 Å². The minimum atomic E-state index is -0.917. The molecule has 4 rings (SSSR count). The Morgan fingerprint density at radius 2 is 1.69 bits per heavy atom. The van der Waals surface area contributed by atoms with E-state index in [9.17, 15) is 19.5 Å². The SMILES string of the molecule is CCC(C)C(NC(=O)OCC1c2ccccc2-c2ccccc21)C(=O)N1CCCCC1CC(=O)O. The maximum absolute atomic E-state index is 13.5. The summed E-state index contributed by atoms with van der Waals surface area (Å²) in [6.07, 6.45) is 2.38. The largest absolute Gasteiger partial charge is 0.481 e. The van der Waals surface area contributed by atoms with E-state index in [1.807, 2.05) is 38.1 Å². The summed E-state index contributed by atoms with van der Waals surface area (Å²) in [4.78, 5) is 39.4. The van der Waals surface area contributed by atoms with Crippen molar-refractivity contribution in [3.8, 4) is 11.1 Å². The highest BCUT2D eigenvalue weighted by Gasteiger charge is 2.36. The monoisotopic (exact) mass is 478 g/mol. The topological polar surface area (TPSA) is 95.9 Å². The molecule has 1 saturated heterocycles. The van der Waals surface area contributed by atoms with Crippen molar-refractivity contribution in [1.82, 2.24) is 10.2 Å². The molecule has 1 fully saturated rings. The number of benzene rings is 2. The van der Waals surface area contributed by atoms with Gasteiger partial charge < -0.3 is 20.1 Å². The summed E-state index contributed by atoms with van der Waals surface area (Å²) in [6.45, 7) is 4.57. The first-order valence-corrected chi connectivity index (χ1v) is 12.5. The molecule has 7 nitrogen and oxygen atoms in total. The second-order valence-corrected chi connectivity index (χ2v) is 9.61. The molecule has 3 unspecified atom stereocenters. The van der Waals surface area contributed by atoms with Gasteiger partial charge in [0, 0.05) is 18.5 Å². The van der Waals surface area contributed by atoms with Crippen LogP contribution in [0.4, 0.5) is 4.79 Å². The maximum atomic E-state index is 13.5. The highest BCUT2D eigenvalue weighted by Crippen LogP contribution is 2.44. The highest BCUT2D eigenvalue weighted by molar-refractivity contribution is 5.87. The zero-order chi connectivity index (χ0) is 24.9. The van der Waals surface area contributed by atoms with Crippen LogP contribution in [0, 0.1) is 5.92 Å². The van der Waals surface area contributed by atoms with Crippen LogP contribution in [0.3, 0.4) is 0 Å². The van der Waals surface area contributed by atoms with Crippen LogP contribution in [-0.4, -0.2) is 53.2 Å². The molecule has 1 heterocycles. The lowest BCUT2D eigenvalue weighted by Gasteiger charge is -2.38. The van der Waals surface area contributed by atoms with Gasteiger partial charge in [-0.2, -0.15) is 0 Å². The van der Waals surface area contributed by atoms with E-state index in [4.69, 9.17) is 4.74 Å². The number of carboxylic acid groups (broad SMARTS) is 1. The van der Waals surface area contributed by atoms with Crippen molar-refractivity contribution in [2.45, 2.75) is 64.0 Å². The number of amides is 2. The van der Waals surface area contributed by atoms with Gasteiger partial charge in [0.05, 0.1) is 6.42 Å². The lowest BCUT2D eigenvalue weighted by molar-refractivity contribution is -0.143. The fraction of sp³-hybridized carbons (Fsp3) is 0.464.